The molecular formula is C18H26N2O3. The third kappa shape index (κ3) is 5.22. The third-order valence-corrected chi connectivity index (χ3v) is 4.52. The molecule has 3 atom stereocenters. The summed E-state index contributed by atoms with van der Waals surface area (Å²) in [6.07, 6.45) is 3.23. The van der Waals surface area contributed by atoms with Crippen LogP contribution >= 0.6 is 0 Å². The van der Waals surface area contributed by atoms with Gasteiger partial charge in [-0.3, -0.25) is 0 Å². The molecule has 1 aliphatic heterocycles. The van der Waals surface area contributed by atoms with Gasteiger partial charge in [-0.15, -0.1) is 0 Å². The van der Waals surface area contributed by atoms with Crippen LogP contribution in [0, 0.1) is 5.92 Å². The lowest BCUT2D eigenvalue weighted by Gasteiger charge is -2.10. The molecule has 2 N–H and O–H groups in total. The van der Waals surface area contributed by atoms with Crippen LogP contribution in [0.5, 0.6) is 0 Å². The van der Waals surface area contributed by atoms with Crippen molar-refractivity contribution in [2.24, 2.45) is 5.92 Å². The van der Waals surface area contributed by atoms with Crippen molar-refractivity contribution in [1.29, 1.82) is 0 Å². The van der Waals surface area contributed by atoms with E-state index in [1.807, 2.05) is 6.07 Å². The maximum Gasteiger partial charge on any atom is 0.314 e. The van der Waals surface area contributed by atoms with Crippen molar-refractivity contribution in [1.82, 2.24) is 10.6 Å². The molecule has 1 saturated heterocycles. The maximum atomic E-state index is 11.8. The number of hydrogen-bond donors (Lipinski definition) is 2. The van der Waals surface area contributed by atoms with Gasteiger partial charge in [0, 0.05) is 26.3 Å². The topological polar surface area (TPSA) is 59.6 Å². The number of benzene rings is 1. The van der Waals surface area contributed by atoms with Crippen LogP contribution in [0.4, 0.5) is 4.79 Å². The lowest BCUT2D eigenvalue weighted by molar-refractivity contribution is 0.0418. The molecule has 23 heavy (non-hydrogen) atoms. The fourth-order valence-corrected chi connectivity index (χ4v) is 3.04. The summed E-state index contributed by atoms with van der Waals surface area (Å²) < 4.78 is 10.9. The third-order valence-electron chi connectivity index (χ3n) is 4.52. The summed E-state index contributed by atoms with van der Waals surface area (Å²) in [5.41, 5.74) is 1.38. The Morgan fingerprint density at radius 3 is 2.91 bits per heavy atom. The van der Waals surface area contributed by atoms with Crippen molar-refractivity contribution in [3.8, 4) is 0 Å². The monoisotopic (exact) mass is 318 g/mol. The normalized spacial score (nSPS) is 26.0. The molecule has 1 heterocycles. The molecule has 0 spiro atoms. The number of nitrogens with one attached hydrogen (secondary N) is 2. The van der Waals surface area contributed by atoms with E-state index in [-0.39, 0.29) is 12.1 Å². The van der Waals surface area contributed by atoms with E-state index in [4.69, 9.17) is 9.47 Å². The van der Waals surface area contributed by atoms with Gasteiger partial charge in [-0.25, -0.2) is 4.79 Å². The number of carbonyl (C=O) groups excluding carboxylic acids is 1. The lowest BCUT2D eigenvalue weighted by atomic mass is 10.1. The van der Waals surface area contributed by atoms with Gasteiger partial charge in [-0.2, -0.15) is 0 Å². The number of hydrogen-bond acceptors (Lipinski definition) is 3. The largest absolute Gasteiger partial charge is 0.379 e. The van der Waals surface area contributed by atoms with Crippen LogP contribution in [0.1, 0.15) is 30.7 Å². The van der Waals surface area contributed by atoms with Crippen molar-refractivity contribution in [3.63, 3.8) is 0 Å². The van der Waals surface area contributed by atoms with E-state index in [0.29, 0.717) is 31.6 Å². The SMILES string of the molecule is O=C(NCCCO[C@@H]1CCOC1)NC[C@@H]1C[C@@H]1c1ccccc1. The Kier molecular flexibility index (Phi) is 5.88. The minimum Gasteiger partial charge on any atom is -0.379 e. The van der Waals surface area contributed by atoms with Crippen LogP contribution in [0.3, 0.4) is 0 Å². The van der Waals surface area contributed by atoms with Crippen LogP contribution in [-0.4, -0.2) is 45.0 Å². The first kappa shape index (κ1) is 16.3. The van der Waals surface area contributed by atoms with Crippen molar-refractivity contribution >= 4 is 6.03 Å². The van der Waals surface area contributed by atoms with E-state index in [0.717, 1.165) is 26.0 Å². The fourth-order valence-electron chi connectivity index (χ4n) is 3.04. The zero-order valence-corrected chi connectivity index (χ0v) is 13.5. The molecular weight excluding hydrogens is 292 g/mol. The lowest BCUT2D eigenvalue weighted by Crippen LogP contribution is -2.37. The molecule has 0 radical (unpaired) electrons. The second-order valence-corrected chi connectivity index (χ2v) is 6.36. The highest BCUT2D eigenvalue weighted by Gasteiger charge is 2.37. The van der Waals surface area contributed by atoms with Crippen molar-refractivity contribution in [2.45, 2.75) is 31.3 Å². The van der Waals surface area contributed by atoms with Gasteiger partial charge in [0.25, 0.3) is 0 Å². The average molecular weight is 318 g/mol. The summed E-state index contributed by atoms with van der Waals surface area (Å²) in [6.45, 7) is 3.58. The predicted molar refractivity (Wildman–Crippen MR) is 88.5 cm³/mol. The first-order valence-electron chi connectivity index (χ1n) is 8.59. The standard InChI is InChI=1S/C18H26N2O3/c21-18(19-8-4-9-23-16-7-10-22-13-16)20-12-15-11-17(15)14-5-2-1-3-6-14/h1-3,5-6,15-17H,4,7-13H2,(H2,19,20,21)/t15-,16+,17+/m0/s1. The number of urea groups is 1. The molecule has 2 aliphatic rings. The molecule has 2 amide bonds. The molecule has 2 fully saturated rings. The number of rotatable bonds is 8. The summed E-state index contributed by atoms with van der Waals surface area (Å²) in [4.78, 5) is 11.8. The van der Waals surface area contributed by atoms with Crippen molar-refractivity contribution < 1.29 is 14.3 Å². The van der Waals surface area contributed by atoms with E-state index >= 15 is 0 Å². The van der Waals surface area contributed by atoms with Crippen LogP contribution in [0.15, 0.2) is 30.3 Å². The summed E-state index contributed by atoms with van der Waals surface area (Å²) in [5, 5.41) is 5.85. The Labute approximate surface area is 137 Å². The maximum absolute atomic E-state index is 11.8. The molecule has 5 heteroatoms. The van der Waals surface area contributed by atoms with Crippen LogP contribution in [-0.2, 0) is 9.47 Å². The van der Waals surface area contributed by atoms with Crippen LogP contribution in [0.2, 0.25) is 0 Å². The highest BCUT2D eigenvalue weighted by molar-refractivity contribution is 5.73. The number of carbonyl (C=O) groups is 1. The number of amides is 2. The predicted octanol–water partition coefficient (Wildman–Crippen LogP) is 2.28. The summed E-state index contributed by atoms with van der Waals surface area (Å²) in [5.74, 6) is 1.19. The van der Waals surface area contributed by atoms with Crippen LogP contribution < -0.4 is 10.6 Å². The summed E-state index contributed by atoms with van der Waals surface area (Å²) in [7, 11) is 0. The zero-order chi connectivity index (χ0) is 15.9. The Bertz CT molecular complexity index is 488. The highest BCUT2D eigenvalue weighted by atomic mass is 16.5. The second-order valence-electron chi connectivity index (χ2n) is 6.36. The van der Waals surface area contributed by atoms with Gasteiger partial charge in [-0.05, 0) is 36.7 Å². The molecule has 1 aliphatic carbocycles. The Morgan fingerprint density at radius 2 is 2.13 bits per heavy atom. The van der Waals surface area contributed by atoms with Crippen molar-refractivity contribution in [2.75, 3.05) is 32.9 Å². The molecule has 0 aromatic heterocycles. The minimum absolute atomic E-state index is 0.0760. The van der Waals surface area contributed by atoms with Gasteiger partial charge in [-0.1, -0.05) is 30.3 Å². The second kappa shape index (κ2) is 8.31. The molecule has 1 saturated carbocycles. The Balaban J connectivity index is 1.21. The quantitative estimate of drug-likeness (QED) is 0.723. The van der Waals surface area contributed by atoms with Gasteiger partial charge >= 0.3 is 6.03 Å². The van der Waals surface area contributed by atoms with Crippen molar-refractivity contribution in [3.05, 3.63) is 35.9 Å². The highest BCUT2D eigenvalue weighted by Crippen LogP contribution is 2.46. The molecule has 3 rings (SSSR count). The van der Waals surface area contributed by atoms with E-state index in [9.17, 15) is 4.79 Å². The molecule has 1 aromatic carbocycles. The van der Waals surface area contributed by atoms with E-state index in [1.54, 1.807) is 0 Å². The van der Waals surface area contributed by atoms with Gasteiger partial charge < -0.3 is 20.1 Å². The smallest absolute Gasteiger partial charge is 0.314 e. The zero-order valence-electron chi connectivity index (χ0n) is 13.5. The van der Waals surface area contributed by atoms with Gasteiger partial charge in [0.2, 0.25) is 0 Å². The first-order chi connectivity index (χ1) is 11.3. The van der Waals surface area contributed by atoms with Gasteiger partial charge in [0.15, 0.2) is 0 Å². The van der Waals surface area contributed by atoms with E-state index in [2.05, 4.69) is 34.9 Å². The first-order valence-corrected chi connectivity index (χ1v) is 8.59. The summed E-state index contributed by atoms with van der Waals surface area (Å²) in [6, 6.07) is 10.4. The molecule has 0 unspecified atom stereocenters. The van der Waals surface area contributed by atoms with E-state index < -0.39 is 0 Å². The average Bonchev–Trinajstić information content (AvgIpc) is 3.18. The number of ether oxygens (including phenoxy) is 2. The molecule has 0 bridgehead atoms. The molecule has 5 nitrogen and oxygen atoms in total. The summed E-state index contributed by atoms with van der Waals surface area (Å²) >= 11 is 0. The Hall–Kier alpha value is -1.59. The molecule has 126 valence electrons. The fraction of sp³-hybridized carbons (Fsp3) is 0.611. The molecule has 1 aromatic rings. The van der Waals surface area contributed by atoms with Gasteiger partial charge in [0.05, 0.1) is 12.7 Å². The van der Waals surface area contributed by atoms with Gasteiger partial charge in [0.1, 0.15) is 0 Å². The van der Waals surface area contributed by atoms with Crippen LogP contribution in [0.25, 0.3) is 0 Å². The minimum atomic E-state index is -0.0760. The van der Waals surface area contributed by atoms with E-state index in [1.165, 1.54) is 12.0 Å². The Morgan fingerprint density at radius 1 is 1.26 bits per heavy atom.